The first-order chi connectivity index (χ1) is 11.9. The van der Waals surface area contributed by atoms with E-state index >= 15 is 0 Å². The van der Waals surface area contributed by atoms with E-state index in [0.29, 0.717) is 19.4 Å². The molecular weight excluding hydrogens is 340 g/mol. The third-order valence-electron chi connectivity index (χ3n) is 4.65. The van der Waals surface area contributed by atoms with Gasteiger partial charge >= 0.3 is 0 Å². The highest BCUT2D eigenvalue weighted by Crippen LogP contribution is 2.21. The molecule has 0 aliphatic carbocycles. The van der Waals surface area contributed by atoms with Crippen molar-refractivity contribution in [3.05, 3.63) is 30.0 Å². The lowest BCUT2D eigenvalue weighted by molar-refractivity contribution is -0.134. The number of nitrogens with one attached hydrogen (secondary N) is 2. The Kier molecular flexibility index (Phi) is 5.39. The lowest BCUT2D eigenvalue weighted by Gasteiger charge is -2.36. The predicted molar refractivity (Wildman–Crippen MR) is 96.6 cm³/mol. The Morgan fingerprint density at radius 3 is 3.04 bits per heavy atom. The summed E-state index contributed by atoms with van der Waals surface area (Å²) in [6.07, 6.45) is 6.93. The van der Waals surface area contributed by atoms with Gasteiger partial charge in [-0.25, -0.2) is 13.1 Å². The minimum absolute atomic E-state index is 0.104. The minimum Gasteiger partial charge on any atom is -0.339 e. The SMILES string of the molecule is CS(=O)(=O)NCCC1CCCCN1C(=O)Cc1ccc2[nH]ncc2c1. The van der Waals surface area contributed by atoms with Gasteiger partial charge in [-0.2, -0.15) is 5.10 Å². The second-order valence-corrected chi connectivity index (χ2v) is 8.49. The zero-order valence-electron chi connectivity index (χ0n) is 14.4. The van der Waals surface area contributed by atoms with Gasteiger partial charge in [-0.3, -0.25) is 9.89 Å². The van der Waals surface area contributed by atoms with Crippen LogP contribution in [0.4, 0.5) is 0 Å². The van der Waals surface area contributed by atoms with E-state index in [1.54, 1.807) is 6.20 Å². The van der Waals surface area contributed by atoms with Crippen LogP contribution in [0.3, 0.4) is 0 Å². The second-order valence-electron chi connectivity index (χ2n) is 6.66. The molecule has 1 amide bonds. The van der Waals surface area contributed by atoms with Crippen LogP contribution in [0.25, 0.3) is 10.9 Å². The van der Waals surface area contributed by atoms with E-state index in [-0.39, 0.29) is 11.9 Å². The largest absolute Gasteiger partial charge is 0.339 e. The van der Waals surface area contributed by atoms with Crippen molar-refractivity contribution in [2.75, 3.05) is 19.3 Å². The van der Waals surface area contributed by atoms with Crippen molar-refractivity contribution in [3.8, 4) is 0 Å². The molecule has 2 heterocycles. The molecule has 1 saturated heterocycles. The quantitative estimate of drug-likeness (QED) is 0.810. The third kappa shape index (κ3) is 4.79. The number of fused-ring (bicyclic) bond motifs is 1. The van der Waals surface area contributed by atoms with Crippen LogP contribution >= 0.6 is 0 Å². The highest BCUT2D eigenvalue weighted by Gasteiger charge is 2.26. The maximum atomic E-state index is 12.8. The molecule has 1 aromatic heterocycles. The normalized spacial score (nSPS) is 18.6. The molecule has 1 aromatic carbocycles. The Bertz CT molecular complexity index is 846. The van der Waals surface area contributed by atoms with E-state index < -0.39 is 10.0 Å². The number of aromatic amines is 1. The fourth-order valence-electron chi connectivity index (χ4n) is 3.42. The Morgan fingerprint density at radius 1 is 1.40 bits per heavy atom. The van der Waals surface area contributed by atoms with E-state index in [9.17, 15) is 13.2 Å². The summed E-state index contributed by atoms with van der Waals surface area (Å²) < 4.78 is 24.9. The standard InChI is InChI=1S/C17H24N4O3S/c1-25(23,24)19-8-7-15-4-2-3-9-21(15)17(22)11-13-5-6-16-14(10-13)12-18-20-16/h5-6,10,12,15,19H,2-4,7-9,11H2,1H3,(H,18,20). The number of carbonyl (C=O) groups is 1. The number of H-pyrrole nitrogens is 1. The van der Waals surface area contributed by atoms with Crippen molar-refractivity contribution >= 4 is 26.8 Å². The molecule has 0 radical (unpaired) electrons. The van der Waals surface area contributed by atoms with Gasteiger partial charge in [0.2, 0.25) is 15.9 Å². The molecule has 1 unspecified atom stereocenters. The van der Waals surface area contributed by atoms with E-state index in [0.717, 1.165) is 48.5 Å². The second kappa shape index (κ2) is 7.53. The zero-order chi connectivity index (χ0) is 17.9. The van der Waals surface area contributed by atoms with Crippen molar-refractivity contribution in [1.82, 2.24) is 19.8 Å². The summed E-state index contributed by atoms with van der Waals surface area (Å²) in [5.41, 5.74) is 1.93. The van der Waals surface area contributed by atoms with Gasteiger partial charge in [0.15, 0.2) is 0 Å². The van der Waals surface area contributed by atoms with Gasteiger partial charge in [-0.15, -0.1) is 0 Å². The monoisotopic (exact) mass is 364 g/mol. The number of aromatic nitrogens is 2. The van der Waals surface area contributed by atoms with E-state index in [1.165, 1.54) is 0 Å². The van der Waals surface area contributed by atoms with Gasteiger partial charge in [-0.05, 0) is 43.4 Å². The number of benzene rings is 1. The number of hydrogen-bond donors (Lipinski definition) is 2. The first-order valence-electron chi connectivity index (χ1n) is 8.58. The van der Waals surface area contributed by atoms with E-state index in [2.05, 4.69) is 14.9 Å². The van der Waals surface area contributed by atoms with Gasteiger partial charge in [0.1, 0.15) is 0 Å². The number of hydrogen-bond acceptors (Lipinski definition) is 4. The molecule has 1 aliphatic heterocycles. The Hall–Kier alpha value is -1.93. The molecule has 0 spiro atoms. The molecule has 1 fully saturated rings. The van der Waals surface area contributed by atoms with Crippen LogP contribution in [0.1, 0.15) is 31.2 Å². The summed E-state index contributed by atoms with van der Waals surface area (Å²) in [4.78, 5) is 14.7. The summed E-state index contributed by atoms with van der Waals surface area (Å²) in [6, 6.07) is 5.98. The molecule has 3 rings (SSSR count). The topological polar surface area (TPSA) is 95.2 Å². The lowest BCUT2D eigenvalue weighted by Crippen LogP contribution is -2.45. The van der Waals surface area contributed by atoms with Crippen molar-refractivity contribution in [3.63, 3.8) is 0 Å². The first-order valence-corrected chi connectivity index (χ1v) is 10.5. The van der Waals surface area contributed by atoms with Crippen molar-refractivity contribution in [1.29, 1.82) is 0 Å². The lowest BCUT2D eigenvalue weighted by atomic mass is 9.98. The molecule has 1 aliphatic rings. The summed E-state index contributed by atoms with van der Waals surface area (Å²) in [5.74, 6) is 0.104. The van der Waals surface area contributed by atoms with Gasteiger partial charge < -0.3 is 4.90 Å². The van der Waals surface area contributed by atoms with Crippen LogP contribution in [0.15, 0.2) is 24.4 Å². The predicted octanol–water partition coefficient (Wildman–Crippen LogP) is 1.43. The Morgan fingerprint density at radius 2 is 2.24 bits per heavy atom. The smallest absolute Gasteiger partial charge is 0.227 e. The van der Waals surface area contributed by atoms with Gasteiger partial charge in [0, 0.05) is 24.5 Å². The maximum absolute atomic E-state index is 12.8. The van der Waals surface area contributed by atoms with E-state index in [4.69, 9.17) is 0 Å². The molecule has 2 N–H and O–H groups in total. The van der Waals surface area contributed by atoms with Crippen LogP contribution in [0.5, 0.6) is 0 Å². The van der Waals surface area contributed by atoms with Crippen molar-refractivity contribution in [2.45, 2.75) is 38.1 Å². The summed E-state index contributed by atoms with van der Waals surface area (Å²) >= 11 is 0. The molecule has 136 valence electrons. The Labute approximate surface area is 147 Å². The van der Waals surface area contributed by atoms with Crippen LogP contribution < -0.4 is 4.72 Å². The van der Waals surface area contributed by atoms with Crippen molar-refractivity contribution in [2.24, 2.45) is 0 Å². The van der Waals surface area contributed by atoms with E-state index in [1.807, 2.05) is 23.1 Å². The summed E-state index contributed by atoms with van der Waals surface area (Å²) in [7, 11) is -3.19. The zero-order valence-corrected chi connectivity index (χ0v) is 15.2. The number of sulfonamides is 1. The first kappa shape index (κ1) is 17.9. The number of piperidine rings is 1. The van der Waals surface area contributed by atoms with Crippen LogP contribution in [0, 0.1) is 0 Å². The number of carbonyl (C=O) groups excluding carboxylic acids is 1. The Balaban J connectivity index is 1.63. The van der Waals surface area contributed by atoms with Crippen molar-refractivity contribution < 1.29 is 13.2 Å². The molecule has 2 aromatic rings. The number of nitrogens with zero attached hydrogens (tertiary/aromatic N) is 2. The van der Waals surface area contributed by atoms with Crippen LogP contribution in [-0.4, -0.2) is 54.8 Å². The minimum atomic E-state index is -3.19. The fourth-order valence-corrected chi connectivity index (χ4v) is 3.91. The fraction of sp³-hybridized carbons (Fsp3) is 0.529. The van der Waals surface area contributed by atoms with Gasteiger partial charge in [0.05, 0.1) is 24.4 Å². The summed E-state index contributed by atoms with van der Waals surface area (Å²) in [6.45, 7) is 1.12. The van der Waals surface area contributed by atoms with Crippen LogP contribution in [0.2, 0.25) is 0 Å². The molecule has 1 atom stereocenters. The molecule has 0 bridgehead atoms. The van der Waals surface area contributed by atoms with Gasteiger partial charge in [0.25, 0.3) is 0 Å². The maximum Gasteiger partial charge on any atom is 0.227 e. The molecular formula is C17H24N4O3S. The third-order valence-corrected chi connectivity index (χ3v) is 5.38. The highest BCUT2D eigenvalue weighted by molar-refractivity contribution is 7.88. The number of amides is 1. The highest BCUT2D eigenvalue weighted by atomic mass is 32.2. The molecule has 0 saturated carbocycles. The van der Waals surface area contributed by atoms with Crippen LogP contribution in [-0.2, 0) is 21.2 Å². The van der Waals surface area contributed by atoms with Gasteiger partial charge in [-0.1, -0.05) is 6.07 Å². The average Bonchev–Trinajstić information content (AvgIpc) is 3.02. The number of rotatable bonds is 6. The summed E-state index contributed by atoms with van der Waals surface area (Å²) in [5, 5.41) is 7.90. The molecule has 7 nitrogen and oxygen atoms in total. The molecule has 25 heavy (non-hydrogen) atoms. The molecule has 8 heteroatoms. The average molecular weight is 364 g/mol. The number of likely N-dealkylation sites (tertiary alicyclic amines) is 1.